The zero-order valence-electron chi connectivity index (χ0n) is 14.1. The molecule has 0 spiro atoms. The van der Waals surface area contributed by atoms with Gasteiger partial charge in [-0.1, -0.05) is 26.0 Å². The molecule has 3 atom stereocenters. The molecule has 2 heterocycles. The number of imide groups is 1. The Hall–Kier alpha value is -1.98. The van der Waals surface area contributed by atoms with Crippen LogP contribution in [-0.2, 0) is 25.7 Å². The number of carbonyl (C=O) groups excluding carboxylic acids is 2. The zero-order valence-corrected chi connectivity index (χ0v) is 14.1. The average Bonchev–Trinajstić information content (AvgIpc) is 2.90. The lowest BCUT2D eigenvalue weighted by Gasteiger charge is -2.41. The molecule has 0 aromatic heterocycles. The van der Waals surface area contributed by atoms with E-state index in [9.17, 15) is 9.59 Å². The third-order valence-electron chi connectivity index (χ3n) is 4.73. The van der Waals surface area contributed by atoms with E-state index in [-0.39, 0.29) is 24.0 Å². The van der Waals surface area contributed by atoms with Crippen molar-refractivity contribution < 1.29 is 19.1 Å². The summed E-state index contributed by atoms with van der Waals surface area (Å²) >= 11 is 0. The predicted octanol–water partition coefficient (Wildman–Crippen LogP) is 2.84. The van der Waals surface area contributed by atoms with Crippen LogP contribution in [0, 0.1) is 5.92 Å². The summed E-state index contributed by atoms with van der Waals surface area (Å²) in [7, 11) is 0. The van der Waals surface area contributed by atoms with Crippen LogP contribution in [0.5, 0.6) is 0 Å². The topological polar surface area (TPSA) is 55.8 Å². The first kappa shape index (κ1) is 16.9. The van der Waals surface area contributed by atoms with E-state index < -0.39 is 0 Å². The number of benzene rings is 1. The first-order chi connectivity index (χ1) is 11.6. The minimum atomic E-state index is -0.303. The van der Waals surface area contributed by atoms with Crippen LogP contribution in [0.3, 0.4) is 0 Å². The molecule has 0 N–H and O–H groups in total. The Kier molecular flexibility index (Phi) is 5.11. The van der Waals surface area contributed by atoms with E-state index in [0.717, 1.165) is 29.9 Å². The van der Waals surface area contributed by atoms with Crippen molar-refractivity contribution >= 4 is 17.5 Å². The van der Waals surface area contributed by atoms with E-state index in [1.165, 1.54) is 12.2 Å². The van der Waals surface area contributed by atoms with Crippen LogP contribution in [0.25, 0.3) is 0 Å². The number of hydrogen-bond acceptors (Lipinski definition) is 4. The van der Waals surface area contributed by atoms with Gasteiger partial charge in [0.25, 0.3) is 11.8 Å². The minimum absolute atomic E-state index is 0.106. The van der Waals surface area contributed by atoms with Crippen LogP contribution in [0.15, 0.2) is 36.4 Å². The number of amides is 2. The van der Waals surface area contributed by atoms with E-state index >= 15 is 0 Å². The van der Waals surface area contributed by atoms with E-state index in [2.05, 4.69) is 13.8 Å². The summed E-state index contributed by atoms with van der Waals surface area (Å²) in [4.78, 5) is 24.5. The first-order valence-corrected chi connectivity index (χ1v) is 8.52. The van der Waals surface area contributed by atoms with Gasteiger partial charge in [0.2, 0.25) is 0 Å². The molecule has 0 bridgehead atoms. The second-order valence-corrected chi connectivity index (χ2v) is 6.24. The molecule has 1 fully saturated rings. The van der Waals surface area contributed by atoms with Crippen molar-refractivity contribution in [2.45, 2.75) is 45.5 Å². The van der Waals surface area contributed by atoms with Crippen molar-refractivity contribution in [3.8, 4) is 0 Å². The molecule has 0 radical (unpaired) electrons. The van der Waals surface area contributed by atoms with Crippen LogP contribution >= 0.6 is 0 Å². The molecule has 1 aromatic carbocycles. The van der Waals surface area contributed by atoms with Crippen LogP contribution in [0.1, 0.15) is 32.3 Å². The molecular formula is C19H23NO4. The Labute approximate surface area is 142 Å². The normalized spacial score (nSPS) is 24.3. The van der Waals surface area contributed by atoms with E-state index in [4.69, 9.17) is 9.47 Å². The number of rotatable bonds is 7. The second-order valence-electron chi connectivity index (χ2n) is 6.24. The molecule has 3 unspecified atom stereocenters. The lowest BCUT2D eigenvalue weighted by Crippen LogP contribution is -2.48. The van der Waals surface area contributed by atoms with Gasteiger partial charge in [-0.3, -0.25) is 9.59 Å². The molecule has 24 heavy (non-hydrogen) atoms. The molecule has 1 aromatic rings. The third kappa shape index (κ3) is 3.28. The number of nitrogens with zero attached hydrogens (tertiary/aromatic N) is 1. The predicted molar refractivity (Wildman–Crippen MR) is 90.5 cm³/mol. The quantitative estimate of drug-likeness (QED) is 0.722. The summed E-state index contributed by atoms with van der Waals surface area (Å²) in [5.41, 5.74) is 1.59. The van der Waals surface area contributed by atoms with Crippen LogP contribution in [-0.4, -0.2) is 30.6 Å². The first-order valence-electron chi connectivity index (χ1n) is 8.52. The highest BCUT2D eigenvalue weighted by molar-refractivity contribution is 6.28. The van der Waals surface area contributed by atoms with Gasteiger partial charge in [-0.05, 0) is 30.5 Å². The number of carbonyl (C=O) groups is 2. The maximum absolute atomic E-state index is 11.7. The highest BCUT2D eigenvalue weighted by Gasteiger charge is 2.36. The van der Waals surface area contributed by atoms with Crippen molar-refractivity contribution in [1.82, 2.24) is 0 Å². The summed E-state index contributed by atoms with van der Waals surface area (Å²) in [6.45, 7) is 5.62. The van der Waals surface area contributed by atoms with Crippen molar-refractivity contribution in [1.29, 1.82) is 0 Å². The molecule has 0 saturated carbocycles. The highest BCUT2D eigenvalue weighted by atomic mass is 16.6. The fourth-order valence-corrected chi connectivity index (χ4v) is 3.15. The van der Waals surface area contributed by atoms with Crippen LogP contribution in [0.4, 0.5) is 5.69 Å². The number of ether oxygens (including phenoxy) is 2. The van der Waals surface area contributed by atoms with Crippen LogP contribution < -0.4 is 4.90 Å². The van der Waals surface area contributed by atoms with Crippen molar-refractivity contribution in [3.63, 3.8) is 0 Å². The molecule has 2 aliphatic heterocycles. The van der Waals surface area contributed by atoms with Gasteiger partial charge in [0.05, 0.1) is 31.1 Å². The smallest absolute Gasteiger partial charge is 0.258 e. The second kappa shape index (κ2) is 7.28. The molecule has 2 aliphatic rings. The Morgan fingerprint density at radius 3 is 2.33 bits per heavy atom. The fourth-order valence-electron chi connectivity index (χ4n) is 3.15. The Bertz CT molecular complexity index is 617. The lowest BCUT2D eigenvalue weighted by atomic mass is 9.90. The summed E-state index contributed by atoms with van der Waals surface area (Å²) in [5.74, 6) is -0.0115. The van der Waals surface area contributed by atoms with Crippen molar-refractivity contribution in [2.24, 2.45) is 5.92 Å². The summed E-state index contributed by atoms with van der Waals surface area (Å²) in [6, 6.07) is 7.33. The van der Waals surface area contributed by atoms with Gasteiger partial charge < -0.3 is 9.47 Å². The Morgan fingerprint density at radius 1 is 1.17 bits per heavy atom. The third-order valence-corrected chi connectivity index (χ3v) is 4.73. The zero-order chi connectivity index (χ0) is 17.1. The van der Waals surface area contributed by atoms with E-state index in [0.29, 0.717) is 18.2 Å². The van der Waals surface area contributed by atoms with Gasteiger partial charge in [0.15, 0.2) is 0 Å². The Balaban J connectivity index is 1.58. The van der Waals surface area contributed by atoms with Gasteiger partial charge in [0, 0.05) is 18.1 Å². The maximum atomic E-state index is 11.7. The number of hydrogen-bond donors (Lipinski definition) is 0. The van der Waals surface area contributed by atoms with Gasteiger partial charge >= 0.3 is 0 Å². The molecule has 3 rings (SSSR count). The van der Waals surface area contributed by atoms with E-state index in [1.54, 1.807) is 12.1 Å². The lowest BCUT2D eigenvalue weighted by molar-refractivity contribution is -0.186. The van der Waals surface area contributed by atoms with Crippen LogP contribution in [0.2, 0.25) is 0 Å². The number of anilines is 1. The molecule has 5 heteroatoms. The fraction of sp³-hybridized carbons (Fsp3) is 0.474. The van der Waals surface area contributed by atoms with Gasteiger partial charge in [-0.15, -0.1) is 0 Å². The summed E-state index contributed by atoms with van der Waals surface area (Å²) < 4.78 is 11.7. The average molecular weight is 329 g/mol. The highest BCUT2D eigenvalue weighted by Crippen LogP contribution is 2.29. The van der Waals surface area contributed by atoms with Gasteiger partial charge in [0.1, 0.15) is 0 Å². The largest absolute Gasteiger partial charge is 0.375 e. The molecule has 1 saturated heterocycles. The van der Waals surface area contributed by atoms with Crippen molar-refractivity contribution in [2.75, 3.05) is 11.5 Å². The maximum Gasteiger partial charge on any atom is 0.258 e. The summed E-state index contributed by atoms with van der Waals surface area (Å²) in [6.07, 6.45) is 4.91. The Morgan fingerprint density at radius 2 is 1.83 bits per heavy atom. The van der Waals surface area contributed by atoms with E-state index in [1.807, 2.05) is 12.1 Å². The summed E-state index contributed by atoms with van der Waals surface area (Å²) in [5, 5.41) is 0. The molecule has 5 nitrogen and oxygen atoms in total. The molecular weight excluding hydrogens is 306 g/mol. The van der Waals surface area contributed by atoms with Gasteiger partial charge in [-0.25, -0.2) is 4.90 Å². The SMILES string of the molecule is CCC1COC1C(CC)OCc1ccc(N2C(=O)C=CC2=O)cc1. The minimum Gasteiger partial charge on any atom is -0.375 e. The molecule has 0 aliphatic carbocycles. The molecule has 2 amide bonds. The van der Waals surface area contributed by atoms with Gasteiger partial charge in [-0.2, -0.15) is 0 Å². The monoisotopic (exact) mass is 329 g/mol. The molecule has 128 valence electrons. The van der Waals surface area contributed by atoms with Crippen molar-refractivity contribution in [3.05, 3.63) is 42.0 Å². The standard InChI is InChI=1S/C19H23NO4/c1-3-14-12-24-19(14)16(4-2)23-11-13-5-7-15(8-6-13)20-17(21)9-10-18(20)22/h5-10,14,16,19H,3-4,11-12H2,1-2H3.